The maximum Gasteiger partial charge on any atom is 0.0607 e. The van der Waals surface area contributed by atoms with Gasteiger partial charge in [-0.25, -0.2) is 0 Å². The summed E-state index contributed by atoms with van der Waals surface area (Å²) in [4.78, 5) is 16.2. The van der Waals surface area contributed by atoms with Crippen LogP contribution in [0.2, 0.25) is 0 Å². The van der Waals surface area contributed by atoms with Gasteiger partial charge in [-0.15, -0.1) is 0 Å². The Morgan fingerprint density at radius 2 is 1.84 bits per heavy atom. The Labute approximate surface area is 186 Å². The highest BCUT2D eigenvalue weighted by atomic mass is 15.1. The first-order chi connectivity index (χ1) is 15.3. The molecule has 3 aromatic rings. The fraction of sp³-hybridized carbons (Fsp3) is 0.423. The van der Waals surface area contributed by atoms with E-state index in [1.807, 2.05) is 30.7 Å². The lowest BCUT2D eigenvalue weighted by molar-refractivity contribution is 0.205. The minimum atomic E-state index is 0.385. The van der Waals surface area contributed by atoms with Crippen molar-refractivity contribution in [3.05, 3.63) is 89.3 Å². The third kappa shape index (κ3) is 5.96. The molecular weight excluding hydrogens is 382 g/mol. The largest absolute Gasteiger partial charge is 0.311 e. The molecule has 5 heteroatoms. The molecule has 0 aliphatic heterocycles. The van der Waals surface area contributed by atoms with Crippen molar-refractivity contribution in [1.82, 2.24) is 25.2 Å². The smallest absolute Gasteiger partial charge is 0.0607 e. The number of rotatable bonds is 10. The van der Waals surface area contributed by atoms with Crippen molar-refractivity contribution in [3.8, 4) is 0 Å². The van der Waals surface area contributed by atoms with Crippen LogP contribution in [0.1, 0.15) is 59.9 Å². The first-order valence-electron chi connectivity index (χ1n) is 11.5. The number of fused-ring (bicyclic) bond motifs is 1. The summed E-state index contributed by atoms with van der Waals surface area (Å²) >= 11 is 0. The molecule has 0 saturated heterocycles. The predicted octanol–water partition coefficient (Wildman–Crippen LogP) is 4.49. The van der Waals surface area contributed by atoms with Gasteiger partial charge in [-0.05, 0) is 87.5 Å². The Morgan fingerprint density at radius 1 is 0.968 bits per heavy atom. The van der Waals surface area contributed by atoms with Crippen LogP contribution in [0.25, 0.3) is 0 Å². The van der Waals surface area contributed by atoms with Crippen molar-refractivity contribution < 1.29 is 0 Å². The fourth-order valence-electron chi connectivity index (χ4n) is 4.49. The van der Waals surface area contributed by atoms with Crippen LogP contribution >= 0.6 is 0 Å². The molecule has 3 heterocycles. The van der Waals surface area contributed by atoms with Gasteiger partial charge in [0.1, 0.15) is 0 Å². The average molecular weight is 416 g/mol. The molecule has 31 heavy (non-hydrogen) atoms. The van der Waals surface area contributed by atoms with Gasteiger partial charge in [-0.1, -0.05) is 18.2 Å². The SMILES string of the molecule is CN(Cc1ncccc1CCCCNCc1ccccn1)C1CCCc2cccnc21. The number of aryl methyl sites for hydroxylation is 2. The van der Waals surface area contributed by atoms with Crippen LogP contribution in [-0.2, 0) is 25.9 Å². The van der Waals surface area contributed by atoms with Gasteiger partial charge in [0.05, 0.1) is 23.1 Å². The first-order valence-corrected chi connectivity index (χ1v) is 11.5. The number of aromatic nitrogens is 3. The number of pyridine rings is 3. The maximum atomic E-state index is 4.74. The molecule has 1 aliphatic carbocycles. The summed E-state index contributed by atoms with van der Waals surface area (Å²) in [6.07, 6.45) is 12.6. The Balaban J connectivity index is 1.27. The Bertz CT molecular complexity index is 943. The number of hydrogen-bond donors (Lipinski definition) is 1. The predicted molar refractivity (Wildman–Crippen MR) is 125 cm³/mol. The molecule has 0 fully saturated rings. The number of hydrogen-bond acceptors (Lipinski definition) is 5. The van der Waals surface area contributed by atoms with E-state index in [0.717, 1.165) is 51.0 Å². The van der Waals surface area contributed by atoms with E-state index in [0.29, 0.717) is 6.04 Å². The van der Waals surface area contributed by atoms with Crippen LogP contribution in [0, 0.1) is 0 Å². The zero-order valence-electron chi connectivity index (χ0n) is 18.5. The second kappa shape index (κ2) is 11.1. The lowest BCUT2D eigenvalue weighted by Gasteiger charge is -2.32. The zero-order valence-corrected chi connectivity index (χ0v) is 18.5. The van der Waals surface area contributed by atoms with Crippen LogP contribution in [0.15, 0.2) is 61.1 Å². The molecule has 1 unspecified atom stereocenters. The maximum absolute atomic E-state index is 4.74. The van der Waals surface area contributed by atoms with Crippen LogP contribution < -0.4 is 5.32 Å². The van der Waals surface area contributed by atoms with E-state index < -0.39 is 0 Å². The molecule has 3 aromatic heterocycles. The zero-order chi connectivity index (χ0) is 21.3. The average Bonchev–Trinajstić information content (AvgIpc) is 2.82. The van der Waals surface area contributed by atoms with Gasteiger partial charge in [-0.3, -0.25) is 19.9 Å². The third-order valence-electron chi connectivity index (χ3n) is 6.16. The van der Waals surface area contributed by atoms with Crippen molar-refractivity contribution in [2.75, 3.05) is 13.6 Å². The molecule has 1 aliphatic rings. The third-order valence-corrected chi connectivity index (χ3v) is 6.16. The van der Waals surface area contributed by atoms with E-state index in [-0.39, 0.29) is 0 Å². The van der Waals surface area contributed by atoms with E-state index in [1.165, 1.54) is 35.4 Å². The van der Waals surface area contributed by atoms with Crippen molar-refractivity contribution in [2.24, 2.45) is 0 Å². The molecule has 0 amide bonds. The van der Waals surface area contributed by atoms with E-state index >= 15 is 0 Å². The first kappa shape index (κ1) is 21.6. The van der Waals surface area contributed by atoms with Crippen molar-refractivity contribution in [1.29, 1.82) is 0 Å². The monoisotopic (exact) mass is 415 g/mol. The van der Waals surface area contributed by atoms with E-state index in [4.69, 9.17) is 9.97 Å². The Morgan fingerprint density at radius 3 is 2.74 bits per heavy atom. The summed E-state index contributed by atoms with van der Waals surface area (Å²) in [5.74, 6) is 0. The molecule has 0 radical (unpaired) electrons. The number of unbranched alkanes of at least 4 members (excludes halogenated alkanes) is 1. The summed E-state index contributed by atoms with van der Waals surface area (Å²) in [5.41, 5.74) is 6.34. The van der Waals surface area contributed by atoms with E-state index in [2.05, 4.69) is 52.6 Å². The second-order valence-corrected chi connectivity index (χ2v) is 8.44. The fourth-order valence-corrected chi connectivity index (χ4v) is 4.49. The van der Waals surface area contributed by atoms with E-state index in [1.54, 1.807) is 0 Å². The van der Waals surface area contributed by atoms with Crippen molar-refractivity contribution in [3.63, 3.8) is 0 Å². The summed E-state index contributed by atoms with van der Waals surface area (Å²) in [5, 5.41) is 3.49. The van der Waals surface area contributed by atoms with Gasteiger partial charge in [0.2, 0.25) is 0 Å². The van der Waals surface area contributed by atoms with Crippen LogP contribution in [0.4, 0.5) is 0 Å². The quantitative estimate of drug-likeness (QED) is 0.494. The lowest BCUT2D eigenvalue weighted by Crippen LogP contribution is -2.29. The highest BCUT2D eigenvalue weighted by Gasteiger charge is 2.25. The Kier molecular flexibility index (Phi) is 7.75. The van der Waals surface area contributed by atoms with Gasteiger partial charge in [0.25, 0.3) is 0 Å². The van der Waals surface area contributed by atoms with Crippen molar-refractivity contribution >= 4 is 0 Å². The summed E-state index contributed by atoms with van der Waals surface area (Å²) in [6, 6.07) is 15.0. The number of nitrogens with one attached hydrogen (secondary N) is 1. The minimum Gasteiger partial charge on any atom is -0.311 e. The van der Waals surface area contributed by atoms with Crippen LogP contribution in [0.5, 0.6) is 0 Å². The molecule has 1 N–H and O–H groups in total. The minimum absolute atomic E-state index is 0.385. The normalized spacial score (nSPS) is 15.7. The van der Waals surface area contributed by atoms with Crippen LogP contribution in [0.3, 0.4) is 0 Å². The molecule has 0 saturated carbocycles. The molecule has 1 atom stereocenters. The molecule has 0 bridgehead atoms. The molecule has 0 spiro atoms. The molecule has 0 aromatic carbocycles. The van der Waals surface area contributed by atoms with Gasteiger partial charge >= 0.3 is 0 Å². The topological polar surface area (TPSA) is 53.9 Å². The van der Waals surface area contributed by atoms with Gasteiger partial charge in [-0.2, -0.15) is 0 Å². The van der Waals surface area contributed by atoms with Crippen molar-refractivity contribution in [2.45, 2.75) is 57.7 Å². The highest BCUT2D eigenvalue weighted by molar-refractivity contribution is 5.26. The van der Waals surface area contributed by atoms with Gasteiger partial charge in [0, 0.05) is 31.7 Å². The highest BCUT2D eigenvalue weighted by Crippen LogP contribution is 2.32. The molecule has 4 rings (SSSR count). The summed E-state index contributed by atoms with van der Waals surface area (Å²) in [6.45, 7) is 2.71. The summed E-state index contributed by atoms with van der Waals surface area (Å²) in [7, 11) is 2.22. The Hall–Kier alpha value is -2.63. The molecular formula is C26H33N5. The molecule has 162 valence electrons. The van der Waals surface area contributed by atoms with Gasteiger partial charge < -0.3 is 5.32 Å². The van der Waals surface area contributed by atoms with Gasteiger partial charge in [0.15, 0.2) is 0 Å². The number of nitrogens with zero attached hydrogens (tertiary/aromatic N) is 4. The van der Waals surface area contributed by atoms with Crippen LogP contribution in [-0.4, -0.2) is 33.4 Å². The lowest BCUT2D eigenvalue weighted by atomic mass is 9.91. The molecule has 5 nitrogen and oxygen atoms in total. The van der Waals surface area contributed by atoms with E-state index in [9.17, 15) is 0 Å². The second-order valence-electron chi connectivity index (χ2n) is 8.44. The standard InChI is InChI=1S/C26H33N5/c1-31(25-14-6-10-22-12-8-18-30-26(22)25)20-24-21(11-7-17-29-24)9-2-4-15-27-19-23-13-3-5-16-28-23/h3,5,7-8,11-13,16-18,25,27H,2,4,6,9-10,14-15,19-20H2,1H3. The summed E-state index contributed by atoms with van der Waals surface area (Å²) < 4.78 is 0.